The summed E-state index contributed by atoms with van der Waals surface area (Å²) in [6.07, 6.45) is -0.717. The summed E-state index contributed by atoms with van der Waals surface area (Å²) in [7, 11) is 1.30. The highest BCUT2D eigenvalue weighted by molar-refractivity contribution is 6.02. The fourth-order valence-electron chi connectivity index (χ4n) is 2.48. The van der Waals surface area contributed by atoms with Gasteiger partial charge in [0.15, 0.2) is 6.10 Å². The smallest absolute Gasteiger partial charge is 0.339 e. The van der Waals surface area contributed by atoms with Crippen molar-refractivity contribution in [2.45, 2.75) is 33.8 Å². The lowest BCUT2D eigenvalue weighted by atomic mass is 10.1. The molecule has 2 rings (SSSR count). The molecule has 25 heavy (non-hydrogen) atoms. The van der Waals surface area contributed by atoms with Crippen LogP contribution in [0.25, 0.3) is 0 Å². The molecular formula is C20H23NO4. The van der Waals surface area contributed by atoms with Crippen LogP contribution in [0.5, 0.6) is 5.75 Å². The predicted molar refractivity (Wildman–Crippen MR) is 97.2 cm³/mol. The molecule has 1 amide bonds. The average Bonchev–Trinajstić information content (AvgIpc) is 2.58. The zero-order valence-corrected chi connectivity index (χ0v) is 15.2. The summed E-state index contributed by atoms with van der Waals surface area (Å²) in [6.45, 7) is 7.62. The minimum Gasteiger partial charge on any atom is -0.481 e. The van der Waals surface area contributed by atoms with Crippen molar-refractivity contribution < 1.29 is 19.1 Å². The number of aryl methyl sites for hydroxylation is 2. The first-order valence-electron chi connectivity index (χ1n) is 8.06. The number of ether oxygens (including phenoxy) is 2. The van der Waals surface area contributed by atoms with E-state index < -0.39 is 12.1 Å². The van der Waals surface area contributed by atoms with Crippen LogP contribution < -0.4 is 10.1 Å². The van der Waals surface area contributed by atoms with Crippen molar-refractivity contribution in [1.29, 1.82) is 0 Å². The van der Waals surface area contributed by atoms with E-state index in [-0.39, 0.29) is 5.91 Å². The largest absolute Gasteiger partial charge is 0.481 e. The van der Waals surface area contributed by atoms with Crippen LogP contribution in [0, 0.1) is 20.8 Å². The molecule has 0 spiro atoms. The van der Waals surface area contributed by atoms with E-state index in [0.717, 1.165) is 16.7 Å². The van der Waals surface area contributed by atoms with Gasteiger partial charge in [-0.25, -0.2) is 4.79 Å². The number of para-hydroxylation sites is 1. The Balaban J connectivity index is 2.16. The molecule has 0 heterocycles. The van der Waals surface area contributed by atoms with Crippen LogP contribution in [-0.2, 0) is 9.53 Å². The highest BCUT2D eigenvalue weighted by Crippen LogP contribution is 2.25. The number of carbonyl (C=O) groups excluding carboxylic acids is 2. The Morgan fingerprint density at radius 2 is 1.76 bits per heavy atom. The number of rotatable bonds is 5. The number of hydrogen-bond acceptors (Lipinski definition) is 4. The molecule has 0 radical (unpaired) electrons. The molecule has 1 N–H and O–H groups in total. The summed E-state index contributed by atoms with van der Waals surface area (Å²) in [6, 6.07) is 10.7. The van der Waals surface area contributed by atoms with Crippen molar-refractivity contribution in [3.8, 4) is 5.75 Å². The summed E-state index contributed by atoms with van der Waals surface area (Å²) < 4.78 is 10.6. The Labute approximate surface area is 148 Å². The first-order chi connectivity index (χ1) is 11.8. The fourth-order valence-corrected chi connectivity index (χ4v) is 2.48. The number of methoxy groups -OCH3 is 1. The lowest BCUT2D eigenvalue weighted by Gasteiger charge is -2.18. The normalized spacial score (nSPS) is 11.6. The lowest BCUT2D eigenvalue weighted by Crippen LogP contribution is -2.31. The topological polar surface area (TPSA) is 64.6 Å². The van der Waals surface area contributed by atoms with Gasteiger partial charge < -0.3 is 14.8 Å². The zero-order chi connectivity index (χ0) is 18.6. The predicted octanol–water partition coefficient (Wildman–Crippen LogP) is 3.80. The second kappa shape index (κ2) is 7.83. The molecule has 5 heteroatoms. The van der Waals surface area contributed by atoms with Gasteiger partial charge >= 0.3 is 5.97 Å². The van der Waals surface area contributed by atoms with Crippen LogP contribution in [0.4, 0.5) is 5.69 Å². The van der Waals surface area contributed by atoms with Crippen LogP contribution in [0.3, 0.4) is 0 Å². The Bertz CT molecular complexity index is 798. The molecule has 2 aromatic carbocycles. The maximum atomic E-state index is 12.5. The molecule has 0 aromatic heterocycles. The molecule has 0 saturated heterocycles. The van der Waals surface area contributed by atoms with Crippen LogP contribution >= 0.6 is 0 Å². The van der Waals surface area contributed by atoms with Crippen LogP contribution in [0.2, 0.25) is 0 Å². The third kappa shape index (κ3) is 4.38. The van der Waals surface area contributed by atoms with Crippen molar-refractivity contribution in [3.05, 3.63) is 58.7 Å². The van der Waals surface area contributed by atoms with Crippen molar-refractivity contribution in [3.63, 3.8) is 0 Å². The van der Waals surface area contributed by atoms with E-state index in [1.807, 2.05) is 26.8 Å². The van der Waals surface area contributed by atoms with E-state index in [4.69, 9.17) is 9.47 Å². The summed E-state index contributed by atoms with van der Waals surface area (Å²) in [4.78, 5) is 24.3. The average molecular weight is 341 g/mol. The van der Waals surface area contributed by atoms with Gasteiger partial charge in [0.05, 0.1) is 18.4 Å². The first kappa shape index (κ1) is 18.5. The molecule has 0 aliphatic rings. The highest BCUT2D eigenvalue weighted by atomic mass is 16.5. The maximum Gasteiger partial charge on any atom is 0.339 e. The molecule has 1 unspecified atom stereocenters. The van der Waals surface area contributed by atoms with Crippen molar-refractivity contribution in [1.82, 2.24) is 0 Å². The molecular weight excluding hydrogens is 318 g/mol. The van der Waals surface area contributed by atoms with Crippen LogP contribution in [0.1, 0.15) is 34.0 Å². The third-order valence-corrected chi connectivity index (χ3v) is 4.03. The van der Waals surface area contributed by atoms with E-state index in [9.17, 15) is 9.59 Å². The molecule has 0 fully saturated rings. The van der Waals surface area contributed by atoms with Gasteiger partial charge in [0.25, 0.3) is 5.91 Å². The van der Waals surface area contributed by atoms with Gasteiger partial charge in [-0.3, -0.25) is 4.79 Å². The van der Waals surface area contributed by atoms with Crippen molar-refractivity contribution >= 4 is 17.6 Å². The third-order valence-electron chi connectivity index (χ3n) is 4.03. The number of benzene rings is 2. The van der Waals surface area contributed by atoms with E-state index in [0.29, 0.717) is 17.0 Å². The number of anilines is 1. The van der Waals surface area contributed by atoms with Gasteiger partial charge in [-0.15, -0.1) is 0 Å². The standard InChI is InChI=1S/C20H23NO4/c1-12-10-13(2)14(3)18(11-12)25-15(4)19(22)21-17-9-7-6-8-16(17)20(23)24-5/h6-11,15H,1-5H3,(H,21,22). The summed E-state index contributed by atoms with van der Waals surface area (Å²) in [5.74, 6) is -0.161. The van der Waals surface area contributed by atoms with Gasteiger partial charge in [0, 0.05) is 0 Å². The Hall–Kier alpha value is -2.82. The summed E-state index contributed by atoms with van der Waals surface area (Å²) in [5, 5.41) is 2.73. The Kier molecular flexibility index (Phi) is 5.80. The second-order valence-corrected chi connectivity index (χ2v) is 5.99. The summed E-state index contributed by atoms with van der Waals surface area (Å²) in [5.41, 5.74) is 3.88. The van der Waals surface area contributed by atoms with E-state index >= 15 is 0 Å². The van der Waals surface area contributed by atoms with Gasteiger partial charge in [-0.2, -0.15) is 0 Å². The number of hydrogen-bond donors (Lipinski definition) is 1. The Morgan fingerprint density at radius 1 is 1.08 bits per heavy atom. The van der Waals surface area contributed by atoms with Gasteiger partial charge in [-0.1, -0.05) is 18.2 Å². The number of esters is 1. The van der Waals surface area contributed by atoms with E-state index in [1.165, 1.54) is 7.11 Å². The minimum atomic E-state index is -0.717. The van der Waals surface area contributed by atoms with Crippen molar-refractivity contribution in [2.75, 3.05) is 12.4 Å². The highest BCUT2D eigenvalue weighted by Gasteiger charge is 2.19. The molecule has 0 aliphatic carbocycles. The molecule has 2 aromatic rings. The SMILES string of the molecule is COC(=O)c1ccccc1NC(=O)C(C)Oc1cc(C)cc(C)c1C. The minimum absolute atomic E-state index is 0.299. The monoisotopic (exact) mass is 341 g/mol. The van der Waals surface area contributed by atoms with Gasteiger partial charge in [0.1, 0.15) is 5.75 Å². The number of carbonyl (C=O) groups is 2. The zero-order valence-electron chi connectivity index (χ0n) is 15.2. The quantitative estimate of drug-likeness (QED) is 0.840. The van der Waals surface area contributed by atoms with Gasteiger partial charge in [0.2, 0.25) is 0 Å². The Morgan fingerprint density at radius 3 is 2.44 bits per heavy atom. The van der Waals surface area contributed by atoms with Crippen LogP contribution in [-0.4, -0.2) is 25.1 Å². The lowest BCUT2D eigenvalue weighted by molar-refractivity contribution is -0.122. The summed E-state index contributed by atoms with van der Waals surface area (Å²) >= 11 is 0. The van der Waals surface area contributed by atoms with E-state index in [2.05, 4.69) is 11.4 Å². The number of amides is 1. The molecule has 132 valence electrons. The maximum absolute atomic E-state index is 12.5. The molecule has 5 nitrogen and oxygen atoms in total. The molecule has 1 atom stereocenters. The van der Waals surface area contributed by atoms with Crippen molar-refractivity contribution in [2.24, 2.45) is 0 Å². The fraction of sp³-hybridized carbons (Fsp3) is 0.300. The molecule has 0 bridgehead atoms. The van der Waals surface area contributed by atoms with Gasteiger partial charge in [-0.05, 0) is 62.6 Å². The molecule has 0 saturated carbocycles. The van der Waals surface area contributed by atoms with Crippen LogP contribution in [0.15, 0.2) is 36.4 Å². The van der Waals surface area contributed by atoms with E-state index in [1.54, 1.807) is 31.2 Å². The molecule has 0 aliphatic heterocycles. The first-order valence-corrected chi connectivity index (χ1v) is 8.06. The number of nitrogens with one attached hydrogen (secondary N) is 1. The second-order valence-electron chi connectivity index (χ2n) is 5.99.